The second-order valence-corrected chi connectivity index (χ2v) is 15.7. The number of benzene rings is 4. The summed E-state index contributed by atoms with van der Waals surface area (Å²) in [5.74, 6) is -2.13. The average Bonchev–Trinajstić information content (AvgIpc) is 3.22. The number of nitrogens with zero attached hydrogens (tertiary/aromatic N) is 2. The molecule has 1 aliphatic heterocycles. The van der Waals surface area contributed by atoms with Crippen LogP contribution in [0.25, 0.3) is 0 Å². The highest BCUT2D eigenvalue weighted by atomic mass is 35.5. The third-order valence-corrected chi connectivity index (χ3v) is 10.1. The predicted octanol–water partition coefficient (Wildman–Crippen LogP) is 11.2. The summed E-state index contributed by atoms with van der Waals surface area (Å²) in [6.45, 7) is 10.1. The van der Waals surface area contributed by atoms with Gasteiger partial charge in [0.2, 0.25) is 5.91 Å². The smallest absolute Gasteiger partial charge is 0.416 e. The number of aryl methyl sites for hydroxylation is 2. The molecule has 19 heteroatoms. The van der Waals surface area contributed by atoms with Crippen LogP contribution in [0.3, 0.4) is 0 Å². The number of hydrogen-bond acceptors (Lipinski definition) is 8. The van der Waals surface area contributed by atoms with Gasteiger partial charge in [0.1, 0.15) is 29.7 Å². The van der Waals surface area contributed by atoms with Gasteiger partial charge in [0.25, 0.3) is 5.91 Å². The predicted molar refractivity (Wildman–Crippen MR) is 235 cm³/mol. The molecule has 0 fully saturated rings. The van der Waals surface area contributed by atoms with Crippen LogP contribution in [0.2, 0.25) is 10.0 Å². The van der Waals surface area contributed by atoms with Crippen molar-refractivity contribution in [2.45, 2.75) is 70.2 Å². The second-order valence-electron chi connectivity index (χ2n) is 13.5. The Kier molecular flexibility index (Phi) is 20.0. The zero-order valence-corrected chi connectivity index (χ0v) is 38.1. The summed E-state index contributed by atoms with van der Waals surface area (Å²) in [5.41, 5.74) is 2.81. The van der Waals surface area contributed by atoms with Gasteiger partial charge in [-0.2, -0.15) is 13.2 Å². The Morgan fingerprint density at radius 1 is 0.968 bits per heavy atom. The van der Waals surface area contributed by atoms with Crippen molar-refractivity contribution in [3.05, 3.63) is 111 Å². The van der Waals surface area contributed by atoms with Gasteiger partial charge in [0.15, 0.2) is 10.9 Å². The molecule has 0 spiro atoms. The molecule has 1 heterocycles. The molecule has 0 saturated carbocycles. The maximum atomic E-state index is 12.7. The van der Waals surface area contributed by atoms with Crippen LogP contribution < -0.4 is 19.3 Å². The first-order chi connectivity index (χ1) is 29.2. The van der Waals surface area contributed by atoms with E-state index in [0.29, 0.717) is 25.0 Å². The van der Waals surface area contributed by atoms with Crippen molar-refractivity contribution in [3.8, 4) is 17.2 Å². The van der Waals surface area contributed by atoms with E-state index < -0.39 is 34.6 Å². The molecule has 4 aromatic carbocycles. The normalized spacial score (nSPS) is 14.1. The van der Waals surface area contributed by atoms with Crippen LogP contribution in [-0.2, 0) is 36.5 Å². The first kappa shape index (κ1) is 51.9. The highest BCUT2D eigenvalue weighted by molar-refractivity contribution is 6.54. The van der Waals surface area contributed by atoms with Gasteiger partial charge in [-0.05, 0) is 93.8 Å². The number of amides is 2. The molecule has 1 aliphatic rings. The number of ether oxygens (including phenoxy) is 4. The number of carbonyl (C=O) groups excluding carboxylic acids is 3. The number of alkyl halides is 6. The number of hydrogen-bond donors (Lipinski definition) is 1. The lowest BCUT2D eigenvalue weighted by molar-refractivity contribution is -0.146. The minimum Gasteiger partial charge on any atom is -0.489 e. The summed E-state index contributed by atoms with van der Waals surface area (Å²) < 4.78 is 58.8. The topological polar surface area (TPSA) is 132 Å². The summed E-state index contributed by atoms with van der Waals surface area (Å²) in [4.78, 5) is 49.2. The summed E-state index contributed by atoms with van der Waals surface area (Å²) in [6.07, 6.45) is -5.08. The van der Waals surface area contributed by atoms with E-state index in [1.807, 2.05) is 57.2 Å². The highest BCUT2D eigenvalue weighted by Crippen LogP contribution is 2.38. The van der Waals surface area contributed by atoms with Gasteiger partial charge in [-0.15, -0.1) is 11.6 Å². The van der Waals surface area contributed by atoms with Gasteiger partial charge < -0.3 is 33.9 Å². The fraction of sp³-hybridized carbons (Fsp3) is 0.349. The first-order valence-electron chi connectivity index (χ1n) is 18.7. The standard InChI is InChI=1S/C17H11Cl2F3O5.C15H22ClNO2.C11H11Cl2NO2/c1-8(15(23)24)26-16(25)11-7-10(3-4-12(11)18)27-14-5-2-9(6-13(14)19)17(20,21)22;1-5-13-8-6-7-11(2)15(13)17(14(18)9-16)12(3)10-19-4;1-7-6-16-9-5-3-2-4-8(9)14(7)11(15)10(12)13/h2-8H,1H3,(H,23,24);6-8,12H,5,9-10H2,1-4H3;2-5,7,10H,6H2,1H3/t8-;;/m0../s1. The van der Waals surface area contributed by atoms with E-state index in [2.05, 4.69) is 13.0 Å². The van der Waals surface area contributed by atoms with Crippen LogP contribution in [0.1, 0.15) is 54.7 Å². The van der Waals surface area contributed by atoms with Gasteiger partial charge in [-0.3, -0.25) is 9.59 Å². The number of methoxy groups -OCH3 is 1. The Morgan fingerprint density at radius 3 is 2.23 bits per heavy atom. The number of esters is 1. The summed E-state index contributed by atoms with van der Waals surface area (Å²) in [6, 6.07) is 19.7. The average molecular weight is 967 g/mol. The van der Waals surface area contributed by atoms with E-state index in [1.54, 1.807) is 16.9 Å². The third-order valence-electron chi connectivity index (χ3n) is 8.92. The zero-order valence-electron chi connectivity index (χ0n) is 34.3. The number of para-hydroxylation sites is 3. The minimum absolute atomic E-state index is 0.0223. The fourth-order valence-electron chi connectivity index (χ4n) is 5.95. The van der Waals surface area contributed by atoms with E-state index in [-0.39, 0.29) is 56.9 Å². The number of halogens is 8. The van der Waals surface area contributed by atoms with Crippen molar-refractivity contribution in [2.75, 3.05) is 36.0 Å². The molecule has 3 atom stereocenters. The molecule has 2 amide bonds. The number of fused-ring (bicyclic) bond motifs is 1. The highest BCUT2D eigenvalue weighted by Gasteiger charge is 2.33. The van der Waals surface area contributed by atoms with Gasteiger partial charge in [-0.1, -0.05) is 83.7 Å². The quantitative estimate of drug-likeness (QED) is 0.109. The molecule has 5 rings (SSSR count). The van der Waals surface area contributed by atoms with Crippen LogP contribution in [0.5, 0.6) is 17.2 Å². The Labute approximate surface area is 382 Å². The van der Waals surface area contributed by atoms with Gasteiger partial charge in [0, 0.05) is 7.11 Å². The number of carbonyl (C=O) groups is 4. The van der Waals surface area contributed by atoms with Crippen molar-refractivity contribution in [3.63, 3.8) is 0 Å². The van der Waals surface area contributed by atoms with Crippen molar-refractivity contribution in [1.29, 1.82) is 0 Å². The Morgan fingerprint density at radius 2 is 1.65 bits per heavy atom. The largest absolute Gasteiger partial charge is 0.489 e. The van der Waals surface area contributed by atoms with Crippen molar-refractivity contribution in [2.24, 2.45) is 0 Å². The monoisotopic (exact) mass is 964 g/mol. The Hall–Kier alpha value is -4.44. The second kappa shape index (κ2) is 23.9. The number of carboxylic acids is 1. The van der Waals surface area contributed by atoms with Crippen LogP contribution in [0, 0.1) is 6.92 Å². The Bertz CT molecular complexity index is 2200. The van der Waals surface area contributed by atoms with Gasteiger partial charge in [0.05, 0.1) is 51.2 Å². The molecule has 11 nitrogen and oxygen atoms in total. The molecule has 0 saturated heterocycles. The molecule has 1 N–H and O–H groups in total. The fourth-order valence-corrected chi connectivity index (χ4v) is 6.70. The number of rotatable bonds is 12. The molecule has 0 radical (unpaired) electrons. The van der Waals surface area contributed by atoms with Gasteiger partial charge >= 0.3 is 18.1 Å². The maximum Gasteiger partial charge on any atom is 0.416 e. The van der Waals surface area contributed by atoms with Crippen molar-refractivity contribution >= 4 is 93.1 Å². The summed E-state index contributed by atoms with van der Waals surface area (Å²) >= 11 is 28.7. The van der Waals surface area contributed by atoms with E-state index in [9.17, 15) is 32.3 Å². The minimum atomic E-state index is -4.56. The molecule has 4 aromatic rings. The molecule has 0 aliphatic carbocycles. The maximum absolute atomic E-state index is 12.7. The molecule has 336 valence electrons. The van der Waals surface area contributed by atoms with E-state index in [4.69, 9.17) is 82.1 Å². The van der Waals surface area contributed by atoms with Crippen LogP contribution in [0.15, 0.2) is 78.9 Å². The lowest BCUT2D eigenvalue weighted by Crippen LogP contribution is -2.47. The Balaban J connectivity index is 0.000000258. The SMILES string of the molecule is CC1COc2ccccc2N1C(=O)C(Cl)Cl.CCc1cccc(C)c1N(C(=O)CCl)C(C)COC.C[C@H](OC(=O)c1cc(Oc2ccc(C(F)(F)F)cc2Cl)ccc1Cl)C(=O)O. The molecular formula is C43H44Cl5F3N2O9. The molecule has 0 aromatic heterocycles. The molecule has 2 unspecified atom stereocenters. The molecular weight excluding hydrogens is 923 g/mol. The summed E-state index contributed by atoms with van der Waals surface area (Å²) in [7, 11) is 1.64. The van der Waals surface area contributed by atoms with E-state index in [1.165, 1.54) is 12.1 Å². The van der Waals surface area contributed by atoms with Crippen LogP contribution >= 0.6 is 58.0 Å². The molecule has 0 bridgehead atoms. The van der Waals surface area contributed by atoms with Crippen LogP contribution in [0.4, 0.5) is 24.5 Å². The number of anilines is 2. The van der Waals surface area contributed by atoms with Crippen molar-refractivity contribution < 1.29 is 56.4 Å². The zero-order chi connectivity index (χ0) is 46.5. The van der Waals surface area contributed by atoms with Gasteiger partial charge in [-0.25, -0.2) is 9.59 Å². The first-order valence-corrected chi connectivity index (χ1v) is 20.9. The number of aliphatic carboxylic acids is 1. The lowest BCUT2D eigenvalue weighted by atomic mass is 10.0. The van der Waals surface area contributed by atoms with Crippen LogP contribution in [-0.4, -0.2) is 78.1 Å². The number of carboxylic acid groups (broad SMARTS) is 1. The molecule has 62 heavy (non-hydrogen) atoms. The lowest BCUT2D eigenvalue weighted by Gasteiger charge is -2.35. The third kappa shape index (κ3) is 14.0. The van der Waals surface area contributed by atoms with E-state index in [0.717, 1.165) is 54.0 Å². The van der Waals surface area contributed by atoms with E-state index >= 15 is 0 Å². The van der Waals surface area contributed by atoms with Crippen molar-refractivity contribution in [1.82, 2.24) is 0 Å². The summed E-state index contributed by atoms with van der Waals surface area (Å²) in [5, 5.41) is 8.46.